The van der Waals surface area contributed by atoms with Crippen molar-refractivity contribution in [3.05, 3.63) is 40.4 Å². The number of aryl methyl sites for hydroxylation is 2. The molecular formula is C14H16BrNS. The van der Waals surface area contributed by atoms with Crippen molar-refractivity contribution in [1.29, 1.82) is 0 Å². The predicted octanol–water partition coefficient (Wildman–Crippen LogP) is 4.97. The molecule has 90 valence electrons. The van der Waals surface area contributed by atoms with Crippen LogP contribution in [0.1, 0.15) is 29.5 Å². The van der Waals surface area contributed by atoms with Crippen molar-refractivity contribution >= 4 is 27.3 Å². The molecule has 0 N–H and O–H groups in total. The predicted molar refractivity (Wildman–Crippen MR) is 78.9 cm³/mol. The van der Waals surface area contributed by atoms with Gasteiger partial charge in [0.25, 0.3) is 0 Å². The lowest BCUT2D eigenvalue weighted by Crippen LogP contribution is -1.88. The Morgan fingerprint density at radius 1 is 1.29 bits per heavy atom. The highest BCUT2D eigenvalue weighted by Gasteiger charge is 2.12. The molecule has 0 amide bonds. The molecule has 0 aliphatic rings. The molecule has 0 saturated heterocycles. The van der Waals surface area contributed by atoms with E-state index in [4.69, 9.17) is 4.98 Å². The smallest absolute Gasteiger partial charge is 0.124 e. The largest absolute Gasteiger partial charge is 0.241 e. The van der Waals surface area contributed by atoms with E-state index in [2.05, 4.69) is 54.0 Å². The van der Waals surface area contributed by atoms with Gasteiger partial charge in [0.2, 0.25) is 0 Å². The summed E-state index contributed by atoms with van der Waals surface area (Å²) < 4.78 is 0. The fraction of sp³-hybridized carbons (Fsp3) is 0.357. The SMILES string of the molecule is CCCc1nc(-c2ccccc2C)sc1CBr. The maximum absolute atomic E-state index is 4.79. The normalized spacial score (nSPS) is 10.8. The van der Waals surface area contributed by atoms with Crippen LogP contribution >= 0.6 is 27.3 Å². The summed E-state index contributed by atoms with van der Waals surface area (Å²) in [6.07, 6.45) is 2.22. The molecule has 3 heteroatoms. The Bertz CT molecular complexity index is 505. The van der Waals surface area contributed by atoms with E-state index in [0.29, 0.717) is 0 Å². The van der Waals surface area contributed by atoms with E-state index < -0.39 is 0 Å². The summed E-state index contributed by atoms with van der Waals surface area (Å²) in [6.45, 7) is 4.34. The van der Waals surface area contributed by atoms with E-state index in [0.717, 1.165) is 23.2 Å². The molecule has 1 aromatic carbocycles. The van der Waals surface area contributed by atoms with Gasteiger partial charge >= 0.3 is 0 Å². The van der Waals surface area contributed by atoms with Crippen molar-refractivity contribution in [2.75, 3.05) is 0 Å². The maximum atomic E-state index is 4.79. The Morgan fingerprint density at radius 2 is 2.06 bits per heavy atom. The van der Waals surface area contributed by atoms with E-state index in [-0.39, 0.29) is 0 Å². The zero-order valence-corrected chi connectivity index (χ0v) is 12.6. The quantitative estimate of drug-likeness (QED) is 0.727. The van der Waals surface area contributed by atoms with Gasteiger partial charge in [-0.1, -0.05) is 53.5 Å². The average Bonchev–Trinajstić information content (AvgIpc) is 2.73. The topological polar surface area (TPSA) is 12.9 Å². The summed E-state index contributed by atoms with van der Waals surface area (Å²) in [5.41, 5.74) is 3.82. The summed E-state index contributed by atoms with van der Waals surface area (Å²) in [6, 6.07) is 8.45. The van der Waals surface area contributed by atoms with Crippen LogP contribution in [-0.4, -0.2) is 4.98 Å². The molecule has 0 aliphatic carbocycles. The van der Waals surface area contributed by atoms with Crippen LogP contribution < -0.4 is 0 Å². The molecule has 0 aliphatic heterocycles. The van der Waals surface area contributed by atoms with Crippen LogP contribution in [0.5, 0.6) is 0 Å². The number of hydrogen-bond acceptors (Lipinski definition) is 2. The third-order valence-corrected chi connectivity index (χ3v) is 4.82. The first-order valence-electron chi connectivity index (χ1n) is 5.86. The summed E-state index contributed by atoms with van der Waals surface area (Å²) >= 11 is 5.36. The van der Waals surface area contributed by atoms with Crippen molar-refractivity contribution in [2.24, 2.45) is 0 Å². The summed E-state index contributed by atoms with van der Waals surface area (Å²) in [5.74, 6) is 0. The highest BCUT2D eigenvalue weighted by molar-refractivity contribution is 9.08. The van der Waals surface area contributed by atoms with Gasteiger partial charge in [-0.15, -0.1) is 11.3 Å². The lowest BCUT2D eigenvalue weighted by atomic mass is 10.1. The Hall–Kier alpha value is -0.670. The summed E-state index contributed by atoms with van der Waals surface area (Å²) in [4.78, 5) is 6.16. The fourth-order valence-corrected chi connectivity index (χ4v) is 3.56. The van der Waals surface area contributed by atoms with E-state index >= 15 is 0 Å². The first-order valence-corrected chi connectivity index (χ1v) is 7.80. The van der Waals surface area contributed by atoms with Crippen LogP contribution in [0, 0.1) is 6.92 Å². The second-order valence-electron chi connectivity index (χ2n) is 4.09. The monoisotopic (exact) mass is 309 g/mol. The second kappa shape index (κ2) is 5.78. The van der Waals surface area contributed by atoms with Gasteiger partial charge in [0.1, 0.15) is 5.01 Å². The molecule has 0 atom stereocenters. The highest BCUT2D eigenvalue weighted by Crippen LogP contribution is 2.31. The Morgan fingerprint density at radius 3 is 2.71 bits per heavy atom. The molecule has 2 aromatic rings. The average molecular weight is 310 g/mol. The molecule has 1 aromatic heterocycles. The molecule has 0 radical (unpaired) electrons. The summed E-state index contributed by atoms with van der Waals surface area (Å²) in [7, 11) is 0. The van der Waals surface area contributed by atoms with Crippen LogP contribution in [0.25, 0.3) is 10.6 Å². The molecule has 0 fully saturated rings. The number of thiazole rings is 1. The van der Waals surface area contributed by atoms with Gasteiger partial charge < -0.3 is 0 Å². The van der Waals surface area contributed by atoms with Crippen LogP contribution in [0.15, 0.2) is 24.3 Å². The van der Waals surface area contributed by atoms with Crippen LogP contribution in [0.2, 0.25) is 0 Å². The standard InChI is InChI=1S/C14H16BrNS/c1-3-6-12-13(9-15)17-14(16-12)11-8-5-4-7-10(11)2/h4-5,7-8H,3,6,9H2,1-2H3. The van der Waals surface area contributed by atoms with E-state index in [1.54, 1.807) is 0 Å². The van der Waals surface area contributed by atoms with Crippen LogP contribution in [0.3, 0.4) is 0 Å². The lowest BCUT2D eigenvalue weighted by molar-refractivity contribution is 0.885. The van der Waals surface area contributed by atoms with Crippen molar-refractivity contribution in [3.8, 4) is 10.6 Å². The van der Waals surface area contributed by atoms with Gasteiger partial charge in [0.15, 0.2) is 0 Å². The molecule has 1 heterocycles. The second-order valence-corrected chi connectivity index (χ2v) is 5.73. The van der Waals surface area contributed by atoms with Crippen molar-refractivity contribution in [2.45, 2.75) is 32.0 Å². The van der Waals surface area contributed by atoms with Crippen molar-refractivity contribution in [3.63, 3.8) is 0 Å². The van der Waals surface area contributed by atoms with Gasteiger partial charge in [-0.3, -0.25) is 0 Å². The maximum Gasteiger partial charge on any atom is 0.124 e. The van der Waals surface area contributed by atoms with Gasteiger partial charge in [0.05, 0.1) is 5.69 Å². The number of rotatable bonds is 4. The highest BCUT2D eigenvalue weighted by atomic mass is 79.9. The molecule has 17 heavy (non-hydrogen) atoms. The van der Waals surface area contributed by atoms with Crippen LogP contribution in [-0.2, 0) is 11.8 Å². The summed E-state index contributed by atoms with van der Waals surface area (Å²) in [5, 5.41) is 2.06. The van der Waals surface area contributed by atoms with E-state index in [1.165, 1.54) is 21.7 Å². The van der Waals surface area contributed by atoms with Gasteiger partial charge in [-0.2, -0.15) is 0 Å². The number of halogens is 1. The van der Waals surface area contributed by atoms with Gasteiger partial charge in [-0.25, -0.2) is 4.98 Å². The zero-order chi connectivity index (χ0) is 12.3. The number of nitrogens with zero attached hydrogens (tertiary/aromatic N) is 1. The third kappa shape index (κ3) is 2.78. The number of aromatic nitrogens is 1. The zero-order valence-electron chi connectivity index (χ0n) is 10.2. The minimum absolute atomic E-state index is 0.909. The molecule has 0 saturated carbocycles. The first-order chi connectivity index (χ1) is 8.26. The minimum atomic E-state index is 0.909. The number of alkyl halides is 1. The third-order valence-electron chi connectivity index (χ3n) is 2.76. The molecule has 0 spiro atoms. The Balaban J connectivity index is 2.43. The number of benzene rings is 1. The van der Waals surface area contributed by atoms with Crippen molar-refractivity contribution in [1.82, 2.24) is 4.98 Å². The van der Waals surface area contributed by atoms with Gasteiger partial charge in [-0.05, 0) is 18.9 Å². The molecular weight excluding hydrogens is 294 g/mol. The van der Waals surface area contributed by atoms with Gasteiger partial charge in [0, 0.05) is 15.8 Å². The molecule has 1 nitrogen and oxygen atoms in total. The minimum Gasteiger partial charge on any atom is -0.241 e. The molecule has 0 bridgehead atoms. The van der Waals surface area contributed by atoms with E-state index in [1.807, 2.05) is 11.3 Å². The van der Waals surface area contributed by atoms with Crippen molar-refractivity contribution < 1.29 is 0 Å². The van der Waals surface area contributed by atoms with Crippen LogP contribution in [0.4, 0.5) is 0 Å². The fourth-order valence-electron chi connectivity index (χ4n) is 1.85. The lowest BCUT2D eigenvalue weighted by Gasteiger charge is -2.00. The van der Waals surface area contributed by atoms with E-state index in [9.17, 15) is 0 Å². The molecule has 0 unspecified atom stereocenters. The Kier molecular flexibility index (Phi) is 4.35. The molecule has 2 rings (SSSR count). The first kappa shape index (κ1) is 12.8. The number of hydrogen-bond donors (Lipinski definition) is 0. The Labute approximate surface area is 115 Å².